The van der Waals surface area contributed by atoms with E-state index < -0.39 is 6.04 Å². The van der Waals surface area contributed by atoms with E-state index in [2.05, 4.69) is 11.9 Å². The van der Waals surface area contributed by atoms with Crippen LogP contribution in [0.2, 0.25) is 0 Å². The fraction of sp³-hybridized carbons (Fsp3) is 0.611. The number of thiophene rings is 1. The first-order valence-electron chi connectivity index (χ1n) is 8.64. The maximum atomic E-state index is 13.0. The summed E-state index contributed by atoms with van der Waals surface area (Å²) in [5.74, 6) is 0.266. The van der Waals surface area contributed by atoms with Gasteiger partial charge < -0.3 is 4.74 Å². The van der Waals surface area contributed by atoms with Crippen LogP contribution in [0.15, 0.2) is 11.1 Å². The quantitative estimate of drug-likeness (QED) is 0.794. The summed E-state index contributed by atoms with van der Waals surface area (Å²) < 4.78 is 6.78. The van der Waals surface area contributed by atoms with Crippen LogP contribution in [0.5, 0.6) is 0 Å². The molecule has 0 fully saturated rings. The molecule has 0 aliphatic heterocycles. The van der Waals surface area contributed by atoms with Gasteiger partial charge in [0.25, 0.3) is 5.56 Å². The summed E-state index contributed by atoms with van der Waals surface area (Å²) in [7, 11) is 0. The lowest BCUT2D eigenvalue weighted by molar-refractivity contribution is -0.152. The standard InChI is InChI=1S/C18H24N2O3S/c1-5-11(3)23-18(22)12(4)20-9-19-16-15(17(20)21)13-7-6-10(2)8-14(13)24-16/h9-12H,5-8H2,1-4H3/t10-,11+,12+/m1/s1. The Labute approximate surface area is 145 Å². The highest BCUT2D eigenvalue weighted by Crippen LogP contribution is 2.35. The van der Waals surface area contributed by atoms with Crippen LogP contribution in [0.25, 0.3) is 10.2 Å². The molecule has 0 saturated heterocycles. The van der Waals surface area contributed by atoms with Gasteiger partial charge in [-0.3, -0.25) is 9.36 Å². The van der Waals surface area contributed by atoms with E-state index in [9.17, 15) is 9.59 Å². The van der Waals surface area contributed by atoms with Crippen molar-refractivity contribution >= 4 is 27.5 Å². The number of ether oxygens (including phenoxy) is 1. The Bertz CT molecular complexity index is 824. The average Bonchev–Trinajstić information content (AvgIpc) is 2.92. The lowest BCUT2D eigenvalue weighted by Gasteiger charge is -2.18. The number of esters is 1. The van der Waals surface area contributed by atoms with Crippen molar-refractivity contribution < 1.29 is 9.53 Å². The molecule has 0 radical (unpaired) electrons. The molecule has 2 aromatic rings. The number of carbonyl (C=O) groups is 1. The zero-order chi connectivity index (χ0) is 17.4. The molecular weight excluding hydrogens is 324 g/mol. The van der Waals surface area contributed by atoms with Crippen LogP contribution in [-0.4, -0.2) is 21.6 Å². The summed E-state index contributed by atoms with van der Waals surface area (Å²) in [5.41, 5.74) is 1.02. The first-order valence-corrected chi connectivity index (χ1v) is 9.45. The van der Waals surface area contributed by atoms with Crippen molar-refractivity contribution in [3.63, 3.8) is 0 Å². The maximum Gasteiger partial charge on any atom is 0.329 e. The van der Waals surface area contributed by atoms with Crippen LogP contribution in [0, 0.1) is 5.92 Å². The lowest BCUT2D eigenvalue weighted by Crippen LogP contribution is -2.31. The third-order valence-corrected chi connectivity index (χ3v) is 6.05. The van der Waals surface area contributed by atoms with Crippen LogP contribution in [-0.2, 0) is 22.4 Å². The molecule has 2 aromatic heterocycles. The number of nitrogens with zero attached hydrogens (tertiary/aromatic N) is 2. The minimum absolute atomic E-state index is 0.124. The van der Waals surface area contributed by atoms with Gasteiger partial charge in [0.2, 0.25) is 0 Å². The second kappa shape index (κ2) is 6.67. The summed E-state index contributed by atoms with van der Waals surface area (Å²) >= 11 is 1.62. The highest BCUT2D eigenvalue weighted by atomic mass is 32.1. The molecule has 130 valence electrons. The number of carbonyl (C=O) groups excluding carboxylic acids is 1. The first-order chi connectivity index (χ1) is 11.4. The summed E-state index contributed by atoms with van der Waals surface area (Å²) in [4.78, 5) is 31.7. The zero-order valence-corrected chi connectivity index (χ0v) is 15.5. The highest BCUT2D eigenvalue weighted by Gasteiger charge is 2.26. The van der Waals surface area contributed by atoms with Gasteiger partial charge >= 0.3 is 5.97 Å². The van der Waals surface area contributed by atoms with Gasteiger partial charge in [-0.1, -0.05) is 13.8 Å². The van der Waals surface area contributed by atoms with Crippen LogP contribution < -0.4 is 5.56 Å². The predicted molar refractivity (Wildman–Crippen MR) is 95.6 cm³/mol. The summed E-state index contributed by atoms with van der Waals surface area (Å²) in [5, 5.41) is 0.701. The SMILES string of the molecule is CC[C@H](C)OC(=O)[C@H](C)n1cnc2sc3c(c2c1=O)CC[C@@H](C)C3. The molecule has 0 bridgehead atoms. The Morgan fingerprint density at radius 2 is 2.25 bits per heavy atom. The molecule has 0 saturated carbocycles. The largest absolute Gasteiger partial charge is 0.461 e. The van der Waals surface area contributed by atoms with Gasteiger partial charge in [0.15, 0.2) is 0 Å². The van der Waals surface area contributed by atoms with Crippen molar-refractivity contribution in [2.24, 2.45) is 5.92 Å². The third-order valence-electron chi connectivity index (χ3n) is 4.89. The number of fused-ring (bicyclic) bond motifs is 3. The van der Waals surface area contributed by atoms with Gasteiger partial charge in [0.1, 0.15) is 10.9 Å². The summed E-state index contributed by atoms with van der Waals surface area (Å²) in [6, 6.07) is -0.665. The zero-order valence-electron chi connectivity index (χ0n) is 14.7. The van der Waals surface area contributed by atoms with E-state index in [0.717, 1.165) is 36.1 Å². The molecule has 5 nitrogen and oxygen atoms in total. The van der Waals surface area contributed by atoms with Gasteiger partial charge in [-0.25, -0.2) is 9.78 Å². The molecule has 0 aromatic carbocycles. The minimum Gasteiger partial charge on any atom is -0.461 e. The second-order valence-electron chi connectivity index (χ2n) is 6.82. The van der Waals surface area contributed by atoms with E-state index in [1.165, 1.54) is 15.8 Å². The van der Waals surface area contributed by atoms with E-state index in [0.29, 0.717) is 11.3 Å². The number of aromatic nitrogens is 2. The van der Waals surface area contributed by atoms with Crippen molar-refractivity contribution in [3.05, 3.63) is 27.1 Å². The number of hydrogen-bond acceptors (Lipinski definition) is 5. The van der Waals surface area contributed by atoms with Gasteiger partial charge in [0, 0.05) is 4.88 Å². The van der Waals surface area contributed by atoms with Crippen molar-refractivity contribution in [1.29, 1.82) is 0 Å². The normalized spacial score (nSPS) is 19.8. The molecule has 0 amide bonds. The van der Waals surface area contributed by atoms with E-state index >= 15 is 0 Å². The fourth-order valence-corrected chi connectivity index (χ4v) is 4.45. The van der Waals surface area contributed by atoms with Crippen LogP contribution in [0.4, 0.5) is 0 Å². The topological polar surface area (TPSA) is 61.2 Å². The molecule has 3 atom stereocenters. The molecule has 2 heterocycles. The average molecular weight is 348 g/mol. The van der Waals surface area contributed by atoms with Crippen molar-refractivity contribution in [1.82, 2.24) is 9.55 Å². The van der Waals surface area contributed by atoms with Crippen LogP contribution in [0.1, 0.15) is 57.0 Å². The van der Waals surface area contributed by atoms with Gasteiger partial charge in [0.05, 0.1) is 17.8 Å². The Hall–Kier alpha value is -1.69. The summed E-state index contributed by atoms with van der Waals surface area (Å²) in [6.45, 7) is 7.75. The monoisotopic (exact) mass is 348 g/mol. The molecule has 0 N–H and O–H groups in total. The van der Waals surface area contributed by atoms with Crippen molar-refractivity contribution in [2.45, 2.75) is 65.5 Å². The van der Waals surface area contributed by atoms with Crippen LogP contribution in [0.3, 0.4) is 0 Å². The molecular formula is C18H24N2O3S. The van der Waals surface area contributed by atoms with Crippen molar-refractivity contribution in [2.75, 3.05) is 0 Å². The molecule has 24 heavy (non-hydrogen) atoms. The Morgan fingerprint density at radius 3 is 2.96 bits per heavy atom. The van der Waals surface area contributed by atoms with E-state index in [-0.39, 0.29) is 17.6 Å². The summed E-state index contributed by atoms with van der Waals surface area (Å²) in [6.07, 6.45) is 5.12. The molecule has 1 aliphatic carbocycles. The van der Waals surface area contributed by atoms with Crippen molar-refractivity contribution in [3.8, 4) is 0 Å². The Kier molecular flexibility index (Phi) is 4.76. The number of hydrogen-bond donors (Lipinski definition) is 0. The molecule has 0 unspecified atom stereocenters. The van der Waals surface area contributed by atoms with Crippen LogP contribution >= 0.6 is 11.3 Å². The molecule has 3 rings (SSSR count). The fourth-order valence-electron chi connectivity index (χ4n) is 3.11. The van der Waals surface area contributed by atoms with E-state index in [1.54, 1.807) is 18.3 Å². The maximum absolute atomic E-state index is 13.0. The number of rotatable bonds is 4. The third kappa shape index (κ3) is 2.99. The predicted octanol–water partition coefficient (Wildman–Crippen LogP) is 3.49. The molecule has 0 spiro atoms. The lowest BCUT2D eigenvalue weighted by atomic mass is 9.89. The van der Waals surface area contributed by atoms with Gasteiger partial charge in [-0.2, -0.15) is 0 Å². The first kappa shape index (κ1) is 17.1. The van der Waals surface area contributed by atoms with E-state index in [4.69, 9.17) is 4.74 Å². The highest BCUT2D eigenvalue weighted by molar-refractivity contribution is 7.18. The van der Waals surface area contributed by atoms with Gasteiger partial charge in [-0.15, -0.1) is 11.3 Å². The molecule has 1 aliphatic rings. The Morgan fingerprint density at radius 1 is 1.50 bits per heavy atom. The van der Waals surface area contributed by atoms with E-state index in [1.807, 2.05) is 13.8 Å². The Balaban J connectivity index is 2.00. The number of aryl methyl sites for hydroxylation is 1. The van der Waals surface area contributed by atoms with Gasteiger partial charge in [-0.05, 0) is 51.0 Å². The molecule has 6 heteroatoms. The second-order valence-corrected chi connectivity index (χ2v) is 7.90. The smallest absolute Gasteiger partial charge is 0.329 e. The minimum atomic E-state index is -0.665.